The summed E-state index contributed by atoms with van der Waals surface area (Å²) in [7, 11) is -3.81. The molecular formula is C10H7BrN2O4S2. The van der Waals surface area contributed by atoms with Crippen LogP contribution < -0.4 is 4.72 Å². The minimum absolute atomic E-state index is 0.0583. The Morgan fingerprint density at radius 2 is 1.89 bits per heavy atom. The molecule has 2 rings (SSSR count). The van der Waals surface area contributed by atoms with E-state index in [-0.39, 0.29) is 15.6 Å². The van der Waals surface area contributed by atoms with Crippen molar-refractivity contribution in [3.05, 3.63) is 50.3 Å². The first-order chi connectivity index (χ1) is 8.90. The average molecular weight is 363 g/mol. The molecule has 0 aliphatic carbocycles. The van der Waals surface area contributed by atoms with Gasteiger partial charge in [-0.2, -0.15) is 0 Å². The molecule has 1 aromatic heterocycles. The number of halogens is 1. The molecule has 0 radical (unpaired) electrons. The molecule has 1 heterocycles. The number of hydrogen-bond donors (Lipinski definition) is 1. The van der Waals surface area contributed by atoms with Crippen molar-refractivity contribution in [1.82, 2.24) is 0 Å². The van der Waals surface area contributed by atoms with Crippen LogP contribution in [-0.4, -0.2) is 13.3 Å². The maximum Gasteiger partial charge on any atom is 0.293 e. The highest BCUT2D eigenvalue weighted by Gasteiger charge is 2.21. The summed E-state index contributed by atoms with van der Waals surface area (Å²) in [4.78, 5) is 10.2. The number of thiophene rings is 1. The Morgan fingerprint density at radius 3 is 2.47 bits per heavy atom. The van der Waals surface area contributed by atoms with Crippen LogP contribution in [0.2, 0.25) is 0 Å². The third-order valence-electron chi connectivity index (χ3n) is 2.16. The number of nitro groups is 1. The largest absolute Gasteiger partial charge is 0.293 e. The molecular weight excluding hydrogens is 356 g/mol. The lowest BCUT2D eigenvalue weighted by molar-refractivity contribution is -0.383. The average Bonchev–Trinajstić information content (AvgIpc) is 2.76. The summed E-state index contributed by atoms with van der Waals surface area (Å²) in [6.07, 6.45) is 0. The quantitative estimate of drug-likeness (QED) is 0.667. The Kier molecular flexibility index (Phi) is 3.88. The Labute approximate surface area is 121 Å². The summed E-state index contributed by atoms with van der Waals surface area (Å²) in [5, 5.41) is 10.8. The molecule has 19 heavy (non-hydrogen) atoms. The molecule has 0 spiro atoms. The van der Waals surface area contributed by atoms with Gasteiger partial charge in [-0.1, -0.05) is 12.1 Å². The number of benzene rings is 1. The molecule has 0 bridgehead atoms. The first kappa shape index (κ1) is 14.0. The van der Waals surface area contributed by atoms with Crippen LogP contribution in [0.15, 0.2) is 44.4 Å². The molecule has 6 nitrogen and oxygen atoms in total. The van der Waals surface area contributed by atoms with Crippen LogP contribution in [-0.2, 0) is 10.0 Å². The molecule has 0 fully saturated rings. The van der Waals surface area contributed by atoms with Gasteiger partial charge in [0.25, 0.3) is 15.7 Å². The Balaban J connectivity index is 2.39. The maximum atomic E-state index is 12.0. The molecule has 0 saturated heterocycles. The van der Waals surface area contributed by atoms with Gasteiger partial charge in [-0.25, -0.2) is 8.42 Å². The molecule has 0 aliphatic heterocycles. The van der Waals surface area contributed by atoms with Crippen molar-refractivity contribution in [2.75, 3.05) is 4.72 Å². The van der Waals surface area contributed by atoms with E-state index in [0.717, 1.165) is 11.3 Å². The van der Waals surface area contributed by atoms with Crippen LogP contribution in [0.4, 0.5) is 11.4 Å². The Bertz CT molecular complexity index is 727. The SMILES string of the molecule is O=[N+]([O-])c1ccccc1NS(=O)(=O)c1ccc(Br)s1. The molecule has 2 aromatic rings. The van der Waals surface area contributed by atoms with Gasteiger partial charge < -0.3 is 0 Å². The molecule has 1 N–H and O–H groups in total. The van der Waals surface area contributed by atoms with E-state index < -0.39 is 14.9 Å². The van der Waals surface area contributed by atoms with Crippen molar-refractivity contribution in [2.24, 2.45) is 0 Å². The van der Waals surface area contributed by atoms with Gasteiger partial charge in [0.1, 0.15) is 9.90 Å². The van der Waals surface area contributed by atoms with Crippen LogP contribution in [0, 0.1) is 10.1 Å². The van der Waals surface area contributed by atoms with Crippen molar-refractivity contribution >= 4 is 48.7 Å². The zero-order valence-corrected chi connectivity index (χ0v) is 12.5. The van der Waals surface area contributed by atoms with E-state index in [0.29, 0.717) is 3.79 Å². The number of nitrogens with one attached hydrogen (secondary N) is 1. The van der Waals surface area contributed by atoms with Crippen molar-refractivity contribution in [3.8, 4) is 0 Å². The first-order valence-electron chi connectivity index (χ1n) is 4.92. The first-order valence-corrected chi connectivity index (χ1v) is 8.01. The smallest absolute Gasteiger partial charge is 0.272 e. The fourth-order valence-corrected chi connectivity index (χ4v) is 4.44. The lowest BCUT2D eigenvalue weighted by atomic mass is 10.3. The number of hydrogen-bond acceptors (Lipinski definition) is 5. The van der Waals surface area contributed by atoms with E-state index >= 15 is 0 Å². The second kappa shape index (κ2) is 5.27. The molecule has 0 atom stereocenters. The predicted octanol–water partition coefficient (Wildman–Crippen LogP) is 3.22. The fourth-order valence-electron chi connectivity index (χ4n) is 1.36. The third kappa shape index (κ3) is 3.11. The summed E-state index contributed by atoms with van der Waals surface area (Å²) in [5.41, 5.74) is -0.348. The maximum absolute atomic E-state index is 12.0. The van der Waals surface area contributed by atoms with Crippen LogP contribution in [0.5, 0.6) is 0 Å². The molecule has 100 valence electrons. The zero-order chi connectivity index (χ0) is 14.0. The van der Waals surface area contributed by atoms with Crippen LogP contribution in [0.3, 0.4) is 0 Å². The van der Waals surface area contributed by atoms with Gasteiger partial charge in [0.15, 0.2) is 0 Å². The van der Waals surface area contributed by atoms with Gasteiger partial charge in [0.05, 0.1) is 8.71 Å². The topological polar surface area (TPSA) is 89.3 Å². The minimum Gasteiger partial charge on any atom is -0.272 e. The third-order valence-corrected chi connectivity index (χ3v) is 5.64. The van der Waals surface area contributed by atoms with Crippen molar-refractivity contribution in [3.63, 3.8) is 0 Å². The monoisotopic (exact) mass is 362 g/mol. The molecule has 0 amide bonds. The van der Waals surface area contributed by atoms with Gasteiger partial charge in [-0.3, -0.25) is 14.8 Å². The minimum atomic E-state index is -3.81. The molecule has 9 heteroatoms. The van der Waals surface area contributed by atoms with Gasteiger partial charge in [-0.15, -0.1) is 11.3 Å². The number of para-hydroxylation sites is 2. The molecule has 0 unspecified atom stereocenters. The Hall–Kier alpha value is -1.45. The number of sulfonamides is 1. The predicted molar refractivity (Wildman–Crippen MR) is 75.9 cm³/mol. The summed E-state index contributed by atoms with van der Waals surface area (Å²) in [5.74, 6) is 0. The highest BCUT2D eigenvalue weighted by molar-refractivity contribution is 9.11. The van der Waals surface area contributed by atoms with Gasteiger partial charge >= 0.3 is 0 Å². The van der Waals surface area contributed by atoms with E-state index in [1.807, 2.05) is 0 Å². The standard InChI is InChI=1S/C10H7BrN2O4S2/c11-9-5-6-10(18-9)19(16,17)12-7-3-1-2-4-8(7)13(14)15/h1-6,12H. The Morgan fingerprint density at radius 1 is 1.21 bits per heavy atom. The van der Waals surface area contributed by atoms with Gasteiger partial charge in [-0.05, 0) is 34.1 Å². The van der Waals surface area contributed by atoms with Gasteiger partial charge in [0, 0.05) is 6.07 Å². The van der Waals surface area contributed by atoms with Crippen molar-refractivity contribution in [1.29, 1.82) is 0 Å². The normalized spacial score (nSPS) is 11.2. The van der Waals surface area contributed by atoms with Crippen LogP contribution in [0.1, 0.15) is 0 Å². The lowest BCUT2D eigenvalue weighted by Gasteiger charge is -2.06. The fraction of sp³-hybridized carbons (Fsp3) is 0. The summed E-state index contributed by atoms with van der Waals surface area (Å²) < 4.78 is 27.1. The van der Waals surface area contributed by atoms with E-state index in [1.165, 1.54) is 30.3 Å². The molecule has 1 aromatic carbocycles. The molecule has 0 saturated carbocycles. The summed E-state index contributed by atoms with van der Waals surface area (Å²) in [6.45, 7) is 0. The van der Waals surface area contributed by atoms with Crippen LogP contribution in [0.25, 0.3) is 0 Å². The highest BCUT2D eigenvalue weighted by atomic mass is 79.9. The second-order valence-corrected chi connectivity index (χ2v) is 7.81. The van der Waals surface area contributed by atoms with Crippen molar-refractivity contribution in [2.45, 2.75) is 4.21 Å². The van der Waals surface area contributed by atoms with E-state index in [4.69, 9.17) is 0 Å². The molecule has 0 aliphatic rings. The summed E-state index contributed by atoms with van der Waals surface area (Å²) in [6, 6.07) is 8.60. The van der Waals surface area contributed by atoms with E-state index in [2.05, 4.69) is 20.7 Å². The zero-order valence-electron chi connectivity index (χ0n) is 9.24. The highest BCUT2D eigenvalue weighted by Crippen LogP contribution is 2.30. The van der Waals surface area contributed by atoms with Gasteiger partial charge in [0.2, 0.25) is 0 Å². The number of rotatable bonds is 4. The summed E-state index contributed by atoms with van der Waals surface area (Å²) >= 11 is 4.19. The number of anilines is 1. The van der Waals surface area contributed by atoms with E-state index in [9.17, 15) is 18.5 Å². The van der Waals surface area contributed by atoms with E-state index in [1.54, 1.807) is 6.07 Å². The number of nitro benzene ring substituents is 1. The van der Waals surface area contributed by atoms with Crippen LogP contribution >= 0.6 is 27.3 Å². The van der Waals surface area contributed by atoms with Crippen molar-refractivity contribution < 1.29 is 13.3 Å². The lowest BCUT2D eigenvalue weighted by Crippen LogP contribution is -2.12. The second-order valence-electron chi connectivity index (χ2n) is 3.44. The number of nitrogens with zero attached hydrogens (tertiary/aromatic N) is 1.